The molecule has 0 saturated carbocycles. The van der Waals surface area contributed by atoms with Gasteiger partial charge in [0.05, 0.1) is 16.4 Å². The molecule has 5 nitrogen and oxygen atoms in total. The van der Waals surface area contributed by atoms with Crippen LogP contribution in [0.3, 0.4) is 0 Å². The summed E-state index contributed by atoms with van der Waals surface area (Å²) in [5.41, 5.74) is 4.69. The lowest BCUT2D eigenvalue weighted by Gasteiger charge is -2.08. The van der Waals surface area contributed by atoms with Gasteiger partial charge in [0.25, 0.3) is 5.91 Å². The number of nitrogens with one attached hydrogen (secondary N) is 1. The van der Waals surface area contributed by atoms with Gasteiger partial charge in [0.2, 0.25) is 0 Å². The lowest BCUT2D eigenvalue weighted by Crippen LogP contribution is -2.18. The van der Waals surface area contributed by atoms with Crippen molar-refractivity contribution in [2.24, 2.45) is 5.10 Å². The van der Waals surface area contributed by atoms with Gasteiger partial charge in [-0.1, -0.05) is 18.2 Å². The van der Waals surface area contributed by atoms with Gasteiger partial charge in [0, 0.05) is 5.56 Å². The minimum atomic E-state index is -0.266. The van der Waals surface area contributed by atoms with E-state index in [-0.39, 0.29) is 11.7 Å². The highest BCUT2D eigenvalue weighted by molar-refractivity contribution is 14.1. The quantitative estimate of drug-likeness (QED) is 0.439. The van der Waals surface area contributed by atoms with Gasteiger partial charge in [-0.3, -0.25) is 4.79 Å². The Bertz CT molecular complexity index is 745. The molecule has 6 heteroatoms. The summed E-state index contributed by atoms with van der Waals surface area (Å²) in [6, 6.07) is 10.7. The maximum Gasteiger partial charge on any atom is 0.271 e. The van der Waals surface area contributed by atoms with Crippen molar-refractivity contribution in [1.29, 1.82) is 0 Å². The molecule has 0 aliphatic carbocycles. The molecular weight excluding hydrogens is 407 g/mol. The maximum atomic E-state index is 12.1. The zero-order valence-electron chi connectivity index (χ0n) is 12.8. The molecule has 1 amide bonds. The van der Waals surface area contributed by atoms with E-state index in [1.807, 2.05) is 54.6 Å². The van der Waals surface area contributed by atoms with E-state index >= 15 is 0 Å². The van der Waals surface area contributed by atoms with Crippen LogP contribution in [-0.4, -0.2) is 23.8 Å². The number of carbonyl (C=O) groups excluding carboxylic acids is 1. The number of carbonyl (C=O) groups is 1. The van der Waals surface area contributed by atoms with Gasteiger partial charge in [0.1, 0.15) is 0 Å². The zero-order chi connectivity index (χ0) is 16.8. The van der Waals surface area contributed by atoms with Crippen molar-refractivity contribution in [2.75, 3.05) is 6.61 Å². The van der Waals surface area contributed by atoms with Crippen LogP contribution in [0.1, 0.15) is 28.4 Å². The number of ether oxygens (including phenoxy) is 1. The van der Waals surface area contributed by atoms with Crippen molar-refractivity contribution in [3.63, 3.8) is 0 Å². The molecule has 0 saturated heterocycles. The molecule has 2 N–H and O–H groups in total. The van der Waals surface area contributed by atoms with E-state index in [2.05, 4.69) is 10.5 Å². The van der Waals surface area contributed by atoms with Crippen LogP contribution in [0.4, 0.5) is 0 Å². The predicted octanol–water partition coefficient (Wildman–Crippen LogP) is 3.47. The van der Waals surface area contributed by atoms with Crippen molar-refractivity contribution in [1.82, 2.24) is 5.43 Å². The number of hydrazone groups is 1. The highest BCUT2D eigenvalue weighted by atomic mass is 127. The molecule has 0 atom stereocenters. The summed E-state index contributed by atoms with van der Waals surface area (Å²) in [7, 11) is 0. The number of aryl methyl sites for hydroxylation is 1. The second-order valence-corrected chi connectivity index (χ2v) is 5.96. The molecule has 23 heavy (non-hydrogen) atoms. The molecule has 0 spiro atoms. The minimum absolute atomic E-state index is 0.105. The summed E-state index contributed by atoms with van der Waals surface area (Å²) in [5.74, 6) is 0.234. The number of phenolic OH excluding ortho intramolecular Hbond substituents is 1. The summed E-state index contributed by atoms with van der Waals surface area (Å²) in [5, 5.41) is 13.9. The fourth-order valence-corrected chi connectivity index (χ4v) is 2.61. The van der Waals surface area contributed by atoms with Crippen LogP contribution in [0.15, 0.2) is 41.5 Å². The van der Waals surface area contributed by atoms with E-state index in [4.69, 9.17) is 4.74 Å². The monoisotopic (exact) mass is 424 g/mol. The summed E-state index contributed by atoms with van der Waals surface area (Å²) in [6.45, 7) is 4.17. The van der Waals surface area contributed by atoms with E-state index in [9.17, 15) is 9.90 Å². The standard InChI is InChI=1S/C17H17IN2O3/c1-3-23-15-9-12(8-14(18)16(15)21)10-19-20-17(22)13-7-5-4-6-11(13)2/h4-10,21H,3H2,1-2H3,(H,20,22)/b19-10-. The molecular formula is C17H17IN2O3. The molecule has 2 aromatic carbocycles. The molecule has 0 heterocycles. The highest BCUT2D eigenvalue weighted by Crippen LogP contribution is 2.32. The van der Waals surface area contributed by atoms with Crippen LogP contribution < -0.4 is 10.2 Å². The normalized spacial score (nSPS) is 10.7. The smallest absolute Gasteiger partial charge is 0.271 e. The third-order valence-corrected chi connectivity index (χ3v) is 3.94. The fraction of sp³-hybridized carbons (Fsp3) is 0.176. The number of phenols is 1. The molecule has 2 rings (SSSR count). The molecule has 0 aromatic heterocycles. The topological polar surface area (TPSA) is 70.9 Å². The van der Waals surface area contributed by atoms with E-state index in [1.54, 1.807) is 18.2 Å². The van der Waals surface area contributed by atoms with Crippen molar-refractivity contribution in [2.45, 2.75) is 13.8 Å². The van der Waals surface area contributed by atoms with Gasteiger partial charge in [-0.25, -0.2) is 5.43 Å². The minimum Gasteiger partial charge on any atom is -0.504 e. The number of nitrogens with zero attached hydrogens (tertiary/aromatic N) is 1. The van der Waals surface area contributed by atoms with Crippen LogP contribution in [0.2, 0.25) is 0 Å². The average molecular weight is 424 g/mol. The number of hydrogen-bond acceptors (Lipinski definition) is 4. The Labute approximate surface area is 148 Å². The Morgan fingerprint density at radius 2 is 2.13 bits per heavy atom. The van der Waals surface area contributed by atoms with Gasteiger partial charge < -0.3 is 9.84 Å². The van der Waals surface area contributed by atoms with E-state index in [0.717, 1.165) is 11.1 Å². The van der Waals surface area contributed by atoms with Crippen LogP contribution >= 0.6 is 22.6 Å². The Hall–Kier alpha value is -2.09. The van der Waals surface area contributed by atoms with Crippen molar-refractivity contribution in [3.8, 4) is 11.5 Å². The molecule has 0 aliphatic heterocycles. The first-order chi connectivity index (χ1) is 11.0. The second kappa shape index (κ2) is 7.96. The molecule has 0 unspecified atom stereocenters. The van der Waals surface area contributed by atoms with E-state index < -0.39 is 0 Å². The first-order valence-corrected chi connectivity index (χ1v) is 8.15. The Morgan fingerprint density at radius 1 is 1.39 bits per heavy atom. The Kier molecular flexibility index (Phi) is 5.97. The van der Waals surface area contributed by atoms with Crippen molar-refractivity contribution >= 4 is 34.7 Å². The highest BCUT2D eigenvalue weighted by Gasteiger charge is 2.09. The molecule has 0 fully saturated rings. The summed E-state index contributed by atoms with van der Waals surface area (Å²) >= 11 is 2.02. The summed E-state index contributed by atoms with van der Waals surface area (Å²) in [4.78, 5) is 12.1. The van der Waals surface area contributed by atoms with Crippen LogP contribution in [0.25, 0.3) is 0 Å². The number of benzene rings is 2. The Balaban J connectivity index is 2.12. The summed E-state index contributed by atoms with van der Waals surface area (Å²) < 4.78 is 6.02. The van der Waals surface area contributed by atoms with Gasteiger partial charge in [-0.05, 0) is 65.8 Å². The Morgan fingerprint density at radius 3 is 2.83 bits per heavy atom. The van der Waals surface area contributed by atoms with Crippen LogP contribution in [0.5, 0.6) is 11.5 Å². The third kappa shape index (κ3) is 4.44. The fourth-order valence-electron chi connectivity index (χ4n) is 1.99. The molecule has 0 bridgehead atoms. The molecule has 2 aromatic rings. The summed E-state index contributed by atoms with van der Waals surface area (Å²) in [6.07, 6.45) is 1.51. The van der Waals surface area contributed by atoms with Crippen molar-refractivity contribution < 1.29 is 14.6 Å². The molecule has 0 aliphatic rings. The second-order valence-electron chi connectivity index (χ2n) is 4.80. The van der Waals surface area contributed by atoms with Gasteiger partial charge in [-0.15, -0.1) is 0 Å². The molecule has 0 radical (unpaired) electrons. The van der Waals surface area contributed by atoms with E-state index in [1.165, 1.54) is 6.21 Å². The van der Waals surface area contributed by atoms with Crippen LogP contribution in [0, 0.1) is 10.5 Å². The van der Waals surface area contributed by atoms with Crippen molar-refractivity contribution in [3.05, 3.63) is 56.7 Å². The van der Waals surface area contributed by atoms with Gasteiger partial charge >= 0.3 is 0 Å². The third-order valence-electron chi connectivity index (χ3n) is 3.12. The number of amides is 1. The largest absolute Gasteiger partial charge is 0.504 e. The zero-order valence-corrected chi connectivity index (χ0v) is 15.0. The SMILES string of the molecule is CCOc1cc(/C=N\NC(=O)c2ccccc2C)cc(I)c1O. The number of rotatable bonds is 5. The van der Waals surface area contributed by atoms with Gasteiger partial charge in [-0.2, -0.15) is 5.10 Å². The van der Waals surface area contributed by atoms with E-state index in [0.29, 0.717) is 21.5 Å². The average Bonchev–Trinajstić information content (AvgIpc) is 2.52. The van der Waals surface area contributed by atoms with Gasteiger partial charge in [0.15, 0.2) is 11.5 Å². The maximum absolute atomic E-state index is 12.1. The lowest BCUT2D eigenvalue weighted by atomic mass is 10.1. The lowest BCUT2D eigenvalue weighted by molar-refractivity contribution is 0.0954. The molecule has 120 valence electrons. The number of aromatic hydroxyl groups is 1. The number of hydrogen-bond donors (Lipinski definition) is 2. The number of halogens is 1. The predicted molar refractivity (Wildman–Crippen MR) is 98.2 cm³/mol. The first-order valence-electron chi connectivity index (χ1n) is 7.07. The van der Waals surface area contributed by atoms with Crippen LogP contribution in [-0.2, 0) is 0 Å². The first kappa shape index (κ1) is 17.3.